The normalized spacial score (nSPS) is 20.8. The van der Waals surface area contributed by atoms with Crippen LogP contribution in [0.1, 0.15) is 38.3 Å². The Balaban J connectivity index is 2.18. The molecule has 0 bridgehead atoms. The first kappa shape index (κ1) is 11.2. The fraction of sp³-hybridized carbons (Fsp3) is 0.500. The average molecular weight is 217 g/mol. The second-order valence-electron chi connectivity index (χ2n) is 4.91. The minimum atomic E-state index is 0.302. The maximum Gasteiger partial charge on any atom is 0.223 e. The van der Waals surface area contributed by atoms with Crippen molar-refractivity contribution in [1.82, 2.24) is 4.90 Å². The number of likely N-dealkylation sites (tertiary alicyclic amines) is 1. The zero-order chi connectivity index (χ0) is 11.5. The summed E-state index contributed by atoms with van der Waals surface area (Å²) >= 11 is 0. The molecule has 16 heavy (non-hydrogen) atoms. The molecule has 2 nitrogen and oxygen atoms in total. The molecule has 2 heteroatoms. The minimum absolute atomic E-state index is 0.302. The third-order valence-corrected chi connectivity index (χ3v) is 3.07. The van der Waals surface area contributed by atoms with Gasteiger partial charge in [-0.25, -0.2) is 0 Å². The van der Waals surface area contributed by atoms with Crippen LogP contribution < -0.4 is 0 Å². The van der Waals surface area contributed by atoms with E-state index in [9.17, 15) is 4.79 Å². The van der Waals surface area contributed by atoms with Crippen molar-refractivity contribution in [3.63, 3.8) is 0 Å². The van der Waals surface area contributed by atoms with Crippen LogP contribution in [0.15, 0.2) is 30.3 Å². The van der Waals surface area contributed by atoms with Gasteiger partial charge in [0.25, 0.3) is 0 Å². The third kappa shape index (κ3) is 2.26. The molecule has 1 aromatic rings. The second kappa shape index (κ2) is 4.69. The van der Waals surface area contributed by atoms with Crippen molar-refractivity contribution in [3.8, 4) is 0 Å². The zero-order valence-corrected chi connectivity index (χ0v) is 10.0. The molecule has 1 saturated heterocycles. The lowest BCUT2D eigenvalue weighted by molar-refractivity contribution is -0.129. The fourth-order valence-electron chi connectivity index (χ4n) is 2.38. The molecule has 0 aromatic heterocycles. The molecular weight excluding hydrogens is 198 g/mol. The van der Waals surface area contributed by atoms with Crippen LogP contribution in [-0.4, -0.2) is 17.4 Å². The van der Waals surface area contributed by atoms with Crippen LogP contribution in [-0.2, 0) is 4.79 Å². The number of rotatable bonds is 3. The molecule has 1 aliphatic heterocycles. The zero-order valence-electron chi connectivity index (χ0n) is 10.0. The van der Waals surface area contributed by atoms with Gasteiger partial charge in [0.1, 0.15) is 0 Å². The van der Waals surface area contributed by atoms with Gasteiger partial charge in [-0.15, -0.1) is 0 Å². The maximum atomic E-state index is 11.8. The molecule has 86 valence electrons. The number of nitrogens with zero attached hydrogens (tertiary/aromatic N) is 1. The summed E-state index contributed by atoms with van der Waals surface area (Å²) in [4.78, 5) is 13.9. The molecular formula is C14H19NO. The second-order valence-corrected chi connectivity index (χ2v) is 4.91. The van der Waals surface area contributed by atoms with Gasteiger partial charge in [-0.1, -0.05) is 44.2 Å². The summed E-state index contributed by atoms with van der Waals surface area (Å²) in [5, 5.41) is 0. The first-order valence-corrected chi connectivity index (χ1v) is 6.03. The van der Waals surface area contributed by atoms with Crippen LogP contribution in [0.5, 0.6) is 0 Å². The van der Waals surface area contributed by atoms with Crippen LogP contribution in [0.2, 0.25) is 0 Å². The van der Waals surface area contributed by atoms with Crippen LogP contribution in [0.3, 0.4) is 0 Å². The molecule has 1 atom stereocenters. The van der Waals surface area contributed by atoms with E-state index in [1.54, 1.807) is 0 Å². The summed E-state index contributed by atoms with van der Waals surface area (Å²) in [6.07, 6.45) is 1.67. The van der Waals surface area contributed by atoms with Gasteiger partial charge in [-0.3, -0.25) is 4.79 Å². The molecule has 0 radical (unpaired) electrons. The van der Waals surface area contributed by atoms with Gasteiger partial charge in [0.2, 0.25) is 5.91 Å². The molecule has 0 N–H and O–H groups in total. The average Bonchev–Trinajstić information content (AvgIpc) is 2.61. The van der Waals surface area contributed by atoms with Crippen molar-refractivity contribution in [2.75, 3.05) is 6.54 Å². The van der Waals surface area contributed by atoms with Crippen molar-refractivity contribution in [2.45, 2.75) is 32.7 Å². The Labute approximate surface area is 97.3 Å². The van der Waals surface area contributed by atoms with E-state index >= 15 is 0 Å². The number of hydrogen-bond donors (Lipinski definition) is 0. The Morgan fingerprint density at radius 2 is 2.00 bits per heavy atom. The highest BCUT2D eigenvalue weighted by atomic mass is 16.2. The molecule has 0 unspecified atom stereocenters. The largest absolute Gasteiger partial charge is 0.335 e. The molecule has 1 aliphatic rings. The van der Waals surface area contributed by atoms with E-state index in [0.29, 0.717) is 24.3 Å². The molecule has 1 aromatic carbocycles. The summed E-state index contributed by atoms with van der Waals surface area (Å²) in [5.74, 6) is 0.843. The smallest absolute Gasteiger partial charge is 0.223 e. The van der Waals surface area contributed by atoms with Gasteiger partial charge < -0.3 is 4.90 Å². The molecule has 1 amide bonds. The van der Waals surface area contributed by atoms with Crippen LogP contribution >= 0.6 is 0 Å². The monoisotopic (exact) mass is 217 g/mol. The molecule has 0 saturated carbocycles. The molecule has 0 spiro atoms. The Morgan fingerprint density at radius 1 is 1.31 bits per heavy atom. The third-order valence-electron chi connectivity index (χ3n) is 3.07. The lowest BCUT2D eigenvalue weighted by atomic mass is 10.0. The quantitative estimate of drug-likeness (QED) is 0.762. The van der Waals surface area contributed by atoms with E-state index in [1.165, 1.54) is 5.56 Å². The molecule has 0 aliphatic carbocycles. The van der Waals surface area contributed by atoms with E-state index < -0.39 is 0 Å². The summed E-state index contributed by atoms with van der Waals surface area (Å²) < 4.78 is 0. The first-order chi connectivity index (χ1) is 7.68. The number of hydrogen-bond acceptors (Lipinski definition) is 1. The Hall–Kier alpha value is -1.31. The Kier molecular flexibility index (Phi) is 3.28. The summed E-state index contributed by atoms with van der Waals surface area (Å²) in [7, 11) is 0. The Morgan fingerprint density at radius 3 is 2.62 bits per heavy atom. The first-order valence-electron chi connectivity index (χ1n) is 6.03. The number of amides is 1. The van der Waals surface area contributed by atoms with Crippen molar-refractivity contribution >= 4 is 5.91 Å². The summed E-state index contributed by atoms with van der Waals surface area (Å²) in [5.41, 5.74) is 1.27. The maximum absolute atomic E-state index is 11.8. The molecule has 1 heterocycles. The highest BCUT2D eigenvalue weighted by Crippen LogP contribution is 2.32. The highest BCUT2D eigenvalue weighted by Gasteiger charge is 2.31. The van der Waals surface area contributed by atoms with E-state index in [0.717, 1.165) is 13.0 Å². The topological polar surface area (TPSA) is 20.3 Å². The number of benzene rings is 1. The van der Waals surface area contributed by atoms with Gasteiger partial charge in [0, 0.05) is 13.0 Å². The molecule has 2 rings (SSSR count). The van der Waals surface area contributed by atoms with Crippen LogP contribution in [0.4, 0.5) is 0 Å². The van der Waals surface area contributed by atoms with E-state index in [-0.39, 0.29) is 0 Å². The number of carbonyl (C=O) groups excluding carboxylic acids is 1. The van der Waals surface area contributed by atoms with Gasteiger partial charge in [-0.05, 0) is 17.9 Å². The van der Waals surface area contributed by atoms with Crippen LogP contribution in [0.25, 0.3) is 0 Å². The van der Waals surface area contributed by atoms with Gasteiger partial charge in [-0.2, -0.15) is 0 Å². The van der Waals surface area contributed by atoms with E-state index in [1.807, 2.05) is 23.1 Å². The van der Waals surface area contributed by atoms with Gasteiger partial charge in [0.15, 0.2) is 0 Å². The SMILES string of the molecule is CC(C)CN1C(=O)CC[C@@H]1c1ccccc1. The lowest BCUT2D eigenvalue weighted by Crippen LogP contribution is -2.31. The minimum Gasteiger partial charge on any atom is -0.335 e. The molecule has 1 fully saturated rings. The summed E-state index contributed by atoms with van der Waals surface area (Å²) in [6, 6.07) is 10.7. The van der Waals surface area contributed by atoms with E-state index in [2.05, 4.69) is 26.0 Å². The Bertz CT molecular complexity index is 358. The van der Waals surface area contributed by atoms with Gasteiger partial charge >= 0.3 is 0 Å². The predicted molar refractivity (Wildman–Crippen MR) is 65.0 cm³/mol. The van der Waals surface area contributed by atoms with E-state index in [4.69, 9.17) is 0 Å². The van der Waals surface area contributed by atoms with Crippen molar-refractivity contribution in [2.24, 2.45) is 5.92 Å². The summed E-state index contributed by atoms with van der Waals surface area (Å²) in [6.45, 7) is 5.19. The lowest BCUT2D eigenvalue weighted by Gasteiger charge is -2.26. The van der Waals surface area contributed by atoms with Crippen molar-refractivity contribution in [1.29, 1.82) is 0 Å². The predicted octanol–water partition coefficient (Wildman–Crippen LogP) is 3.01. The number of carbonyl (C=O) groups is 1. The standard InChI is InChI=1S/C14H19NO/c1-11(2)10-15-13(8-9-14(15)16)12-6-4-3-5-7-12/h3-7,11,13H,8-10H2,1-2H3/t13-/m1/s1. The van der Waals surface area contributed by atoms with Gasteiger partial charge in [0.05, 0.1) is 6.04 Å². The van der Waals surface area contributed by atoms with Crippen molar-refractivity contribution < 1.29 is 4.79 Å². The fourth-order valence-corrected chi connectivity index (χ4v) is 2.38. The van der Waals surface area contributed by atoms with Crippen molar-refractivity contribution in [3.05, 3.63) is 35.9 Å². The van der Waals surface area contributed by atoms with Crippen LogP contribution in [0, 0.1) is 5.92 Å². The highest BCUT2D eigenvalue weighted by molar-refractivity contribution is 5.79.